The van der Waals surface area contributed by atoms with E-state index in [2.05, 4.69) is 21.4 Å². The van der Waals surface area contributed by atoms with Gasteiger partial charge in [0, 0.05) is 30.5 Å². The van der Waals surface area contributed by atoms with Gasteiger partial charge < -0.3 is 9.55 Å². The lowest BCUT2D eigenvalue weighted by molar-refractivity contribution is 0.102. The van der Waals surface area contributed by atoms with Crippen molar-refractivity contribution in [3.63, 3.8) is 0 Å². The van der Waals surface area contributed by atoms with Gasteiger partial charge in [-0.05, 0) is 37.3 Å². The maximum atomic E-state index is 12.6. The van der Waals surface area contributed by atoms with Crippen LogP contribution in [0.4, 0.5) is 5.95 Å². The van der Waals surface area contributed by atoms with Crippen LogP contribution in [0.3, 0.4) is 0 Å². The van der Waals surface area contributed by atoms with E-state index in [4.69, 9.17) is 0 Å². The summed E-state index contributed by atoms with van der Waals surface area (Å²) in [6.07, 6.45) is 8.09. The Morgan fingerprint density at radius 1 is 1.32 bits per heavy atom. The first-order valence-electron chi connectivity index (χ1n) is 7.65. The van der Waals surface area contributed by atoms with Gasteiger partial charge in [0.1, 0.15) is 0 Å². The number of nitrogens with zero attached hydrogens (tertiary/aromatic N) is 2. The Morgan fingerprint density at radius 3 is 3.00 bits per heavy atom. The molecule has 0 unspecified atom stereocenters. The molecule has 0 bridgehead atoms. The average molecular weight is 294 g/mol. The summed E-state index contributed by atoms with van der Waals surface area (Å²) >= 11 is 0. The number of fused-ring (bicyclic) bond motifs is 3. The summed E-state index contributed by atoms with van der Waals surface area (Å²) in [4.78, 5) is 20.2. The summed E-state index contributed by atoms with van der Waals surface area (Å²) in [6.45, 7) is 0. The number of hydrogen-bond donors (Lipinski definition) is 2. The van der Waals surface area contributed by atoms with Crippen LogP contribution < -0.4 is 5.32 Å². The number of aromatic amines is 1. The first-order valence-corrected chi connectivity index (χ1v) is 7.65. The zero-order valence-electron chi connectivity index (χ0n) is 12.5. The predicted molar refractivity (Wildman–Crippen MR) is 86.1 cm³/mol. The number of nitrogens with one attached hydrogen (secondary N) is 2. The Bertz CT molecular complexity index is 859. The first kappa shape index (κ1) is 13.1. The second-order valence-electron chi connectivity index (χ2n) is 5.83. The number of hydrogen-bond acceptors (Lipinski definition) is 2. The van der Waals surface area contributed by atoms with Crippen LogP contribution in [0.2, 0.25) is 0 Å². The fourth-order valence-electron chi connectivity index (χ4n) is 3.27. The van der Waals surface area contributed by atoms with Crippen molar-refractivity contribution in [1.29, 1.82) is 0 Å². The van der Waals surface area contributed by atoms with Crippen LogP contribution >= 0.6 is 0 Å². The zero-order valence-corrected chi connectivity index (χ0v) is 12.5. The Kier molecular flexibility index (Phi) is 2.99. The zero-order chi connectivity index (χ0) is 15.1. The quantitative estimate of drug-likeness (QED) is 0.763. The molecule has 0 saturated heterocycles. The maximum Gasteiger partial charge on any atom is 0.260 e. The monoisotopic (exact) mass is 294 g/mol. The molecule has 112 valence electrons. The number of aromatic nitrogens is 3. The van der Waals surface area contributed by atoms with E-state index in [1.807, 2.05) is 25.4 Å². The number of benzene rings is 1. The van der Waals surface area contributed by atoms with Crippen molar-refractivity contribution < 1.29 is 4.79 Å². The highest BCUT2D eigenvalue weighted by molar-refractivity contribution is 6.12. The number of imidazole rings is 1. The molecule has 22 heavy (non-hydrogen) atoms. The third kappa shape index (κ3) is 2.01. The summed E-state index contributed by atoms with van der Waals surface area (Å²) in [5.74, 6) is 0.428. The minimum absolute atomic E-state index is 0.126. The molecule has 0 radical (unpaired) electrons. The Hall–Kier alpha value is -2.56. The van der Waals surface area contributed by atoms with Gasteiger partial charge in [-0.2, -0.15) is 0 Å². The molecule has 5 heteroatoms. The third-order valence-corrected chi connectivity index (χ3v) is 4.42. The fourth-order valence-corrected chi connectivity index (χ4v) is 3.27. The molecule has 0 spiro atoms. The summed E-state index contributed by atoms with van der Waals surface area (Å²) in [5.41, 5.74) is 4.29. The van der Waals surface area contributed by atoms with Crippen molar-refractivity contribution in [2.24, 2.45) is 7.05 Å². The second-order valence-corrected chi connectivity index (χ2v) is 5.83. The molecule has 3 aromatic rings. The highest BCUT2D eigenvalue weighted by atomic mass is 16.1. The third-order valence-electron chi connectivity index (χ3n) is 4.42. The van der Waals surface area contributed by atoms with Gasteiger partial charge in [-0.3, -0.25) is 10.1 Å². The van der Waals surface area contributed by atoms with Gasteiger partial charge >= 0.3 is 0 Å². The van der Waals surface area contributed by atoms with E-state index in [1.54, 1.807) is 10.8 Å². The van der Waals surface area contributed by atoms with Crippen LogP contribution in [-0.4, -0.2) is 20.4 Å². The molecule has 5 nitrogen and oxygen atoms in total. The molecule has 1 aliphatic carbocycles. The summed E-state index contributed by atoms with van der Waals surface area (Å²) in [6, 6.07) is 5.93. The number of para-hydroxylation sites is 1. The number of amides is 1. The normalized spacial score (nSPS) is 14.0. The van der Waals surface area contributed by atoms with Gasteiger partial charge in [0.05, 0.1) is 11.1 Å². The van der Waals surface area contributed by atoms with Gasteiger partial charge in [0.2, 0.25) is 5.95 Å². The van der Waals surface area contributed by atoms with Gasteiger partial charge in [0.25, 0.3) is 5.91 Å². The average Bonchev–Trinajstić information content (AvgIpc) is 3.10. The molecule has 0 aliphatic heterocycles. The Labute approximate surface area is 128 Å². The number of aryl methyl sites for hydroxylation is 3. The summed E-state index contributed by atoms with van der Waals surface area (Å²) < 4.78 is 1.79. The smallest absolute Gasteiger partial charge is 0.260 e. The standard InChI is InChI=1S/C17H18N4O/c1-21-10-9-18-17(21)20-16(22)13-7-4-6-12-11-5-2-3-8-14(11)19-15(12)13/h4,6-7,9-10,19H,2-3,5,8H2,1H3,(H,18,20,22). The van der Waals surface area contributed by atoms with E-state index in [1.165, 1.54) is 29.5 Å². The van der Waals surface area contributed by atoms with Crippen molar-refractivity contribution >= 4 is 22.8 Å². The van der Waals surface area contributed by atoms with Crippen molar-refractivity contribution in [2.75, 3.05) is 5.32 Å². The summed E-state index contributed by atoms with van der Waals surface area (Å²) in [7, 11) is 1.86. The second kappa shape index (κ2) is 5.02. The van der Waals surface area contributed by atoms with E-state index in [9.17, 15) is 4.79 Å². The lowest BCUT2D eigenvalue weighted by Crippen LogP contribution is -2.15. The highest BCUT2D eigenvalue weighted by Gasteiger charge is 2.19. The molecule has 0 atom stereocenters. The molecule has 4 rings (SSSR count). The fraction of sp³-hybridized carbons (Fsp3) is 0.294. The molecule has 1 amide bonds. The number of rotatable bonds is 2. The molecule has 2 aromatic heterocycles. The van der Waals surface area contributed by atoms with Crippen molar-refractivity contribution in [1.82, 2.24) is 14.5 Å². The predicted octanol–water partition coefficient (Wildman–Crippen LogP) is 3.03. The Balaban J connectivity index is 1.77. The lowest BCUT2D eigenvalue weighted by Gasteiger charge is -2.10. The van der Waals surface area contributed by atoms with Gasteiger partial charge in [-0.1, -0.05) is 12.1 Å². The van der Waals surface area contributed by atoms with Crippen LogP contribution in [0.5, 0.6) is 0 Å². The van der Waals surface area contributed by atoms with Gasteiger partial charge in [-0.15, -0.1) is 0 Å². The van der Waals surface area contributed by atoms with Crippen LogP contribution in [-0.2, 0) is 19.9 Å². The van der Waals surface area contributed by atoms with Crippen LogP contribution in [0.1, 0.15) is 34.5 Å². The number of carbonyl (C=O) groups is 1. The number of carbonyl (C=O) groups excluding carboxylic acids is 1. The maximum absolute atomic E-state index is 12.6. The van der Waals surface area contributed by atoms with E-state index in [0.717, 1.165) is 18.4 Å². The Morgan fingerprint density at radius 2 is 2.18 bits per heavy atom. The van der Waals surface area contributed by atoms with E-state index >= 15 is 0 Å². The largest absolute Gasteiger partial charge is 0.358 e. The lowest BCUT2D eigenvalue weighted by atomic mass is 9.95. The number of anilines is 1. The molecule has 2 N–H and O–H groups in total. The molecular weight excluding hydrogens is 276 g/mol. The van der Waals surface area contributed by atoms with Gasteiger partial charge in [0.15, 0.2) is 0 Å². The first-order chi connectivity index (χ1) is 10.7. The van der Waals surface area contributed by atoms with Crippen LogP contribution in [0.25, 0.3) is 10.9 Å². The molecular formula is C17H18N4O. The van der Waals surface area contributed by atoms with Gasteiger partial charge in [-0.25, -0.2) is 4.98 Å². The van der Waals surface area contributed by atoms with Crippen molar-refractivity contribution in [3.8, 4) is 0 Å². The van der Waals surface area contributed by atoms with Crippen molar-refractivity contribution in [2.45, 2.75) is 25.7 Å². The van der Waals surface area contributed by atoms with E-state index in [0.29, 0.717) is 11.5 Å². The molecule has 1 aliphatic rings. The van der Waals surface area contributed by atoms with E-state index in [-0.39, 0.29) is 5.91 Å². The van der Waals surface area contributed by atoms with Crippen molar-refractivity contribution in [3.05, 3.63) is 47.4 Å². The molecule has 0 fully saturated rings. The highest BCUT2D eigenvalue weighted by Crippen LogP contribution is 2.30. The van der Waals surface area contributed by atoms with Crippen LogP contribution in [0, 0.1) is 0 Å². The molecule has 2 heterocycles. The van der Waals surface area contributed by atoms with E-state index < -0.39 is 0 Å². The molecule has 0 saturated carbocycles. The van der Waals surface area contributed by atoms with Crippen LogP contribution in [0.15, 0.2) is 30.6 Å². The number of H-pyrrole nitrogens is 1. The topological polar surface area (TPSA) is 62.7 Å². The minimum Gasteiger partial charge on any atom is -0.358 e. The summed E-state index contributed by atoms with van der Waals surface area (Å²) in [5, 5.41) is 4.05. The molecule has 1 aromatic carbocycles. The SMILES string of the molecule is Cn1ccnc1NC(=O)c1cccc2c3c([nH]c12)CCCC3. The minimum atomic E-state index is -0.126.